The van der Waals surface area contributed by atoms with Crippen LogP contribution in [0.4, 0.5) is 0 Å². The molecule has 2 aromatic rings. The Balaban J connectivity index is 1.72. The van der Waals surface area contributed by atoms with E-state index in [-0.39, 0.29) is 18.9 Å². The highest BCUT2D eigenvalue weighted by molar-refractivity contribution is 5.76. The molecule has 6 heteroatoms. The minimum absolute atomic E-state index is 0.157. The predicted octanol–water partition coefficient (Wildman–Crippen LogP) is 1.16. The van der Waals surface area contributed by atoms with Crippen molar-refractivity contribution in [3.05, 3.63) is 47.6 Å². The van der Waals surface area contributed by atoms with Crippen molar-refractivity contribution in [3.8, 4) is 0 Å². The number of nitrogens with one attached hydrogen (secondary N) is 1. The first kappa shape index (κ1) is 14.2. The summed E-state index contributed by atoms with van der Waals surface area (Å²) in [6.45, 7) is 1.91. The van der Waals surface area contributed by atoms with Gasteiger partial charge in [0.2, 0.25) is 11.8 Å². The summed E-state index contributed by atoms with van der Waals surface area (Å²) in [5.41, 5.74) is 0.778. The van der Waals surface area contributed by atoms with E-state index >= 15 is 0 Å². The molecule has 1 aromatic carbocycles. The minimum Gasteiger partial charge on any atom is -0.387 e. The molecule has 20 heavy (non-hydrogen) atoms. The Hall–Kier alpha value is -2.21. The number of rotatable bonds is 6. The second-order valence-corrected chi connectivity index (χ2v) is 4.47. The maximum absolute atomic E-state index is 11.6. The largest absolute Gasteiger partial charge is 0.387 e. The second kappa shape index (κ2) is 6.81. The predicted molar refractivity (Wildman–Crippen MR) is 71.8 cm³/mol. The molecule has 6 nitrogen and oxygen atoms in total. The number of carbonyl (C=O) groups excluding carboxylic acids is 1. The van der Waals surface area contributed by atoms with E-state index in [4.69, 9.17) is 4.52 Å². The molecule has 1 unspecified atom stereocenters. The highest BCUT2D eigenvalue weighted by Gasteiger charge is 2.10. The van der Waals surface area contributed by atoms with E-state index in [1.165, 1.54) is 0 Å². The third kappa shape index (κ3) is 4.17. The number of hydrogen-bond acceptors (Lipinski definition) is 5. The van der Waals surface area contributed by atoms with Gasteiger partial charge in [0, 0.05) is 19.4 Å². The van der Waals surface area contributed by atoms with E-state index in [1.807, 2.05) is 30.3 Å². The third-order valence-electron chi connectivity index (χ3n) is 2.81. The normalized spacial score (nSPS) is 12.1. The molecule has 0 aliphatic rings. The molecular formula is C14H17N3O3. The molecular weight excluding hydrogens is 258 g/mol. The lowest BCUT2D eigenvalue weighted by atomic mass is 10.1. The number of benzene rings is 1. The van der Waals surface area contributed by atoms with Crippen molar-refractivity contribution in [2.75, 3.05) is 6.54 Å². The Morgan fingerprint density at radius 2 is 2.15 bits per heavy atom. The number of aromatic nitrogens is 2. The lowest BCUT2D eigenvalue weighted by Gasteiger charge is -2.11. The number of aryl methyl sites for hydroxylation is 2. The summed E-state index contributed by atoms with van der Waals surface area (Å²) in [7, 11) is 0. The molecule has 0 radical (unpaired) electrons. The molecule has 1 atom stereocenters. The van der Waals surface area contributed by atoms with Gasteiger partial charge in [-0.3, -0.25) is 4.79 Å². The first-order chi connectivity index (χ1) is 9.65. The zero-order valence-corrected chi connectivity index (χ0v) is 11.2. The molecule has 0 saturated heterocycles. The van der Waals surface area contributed by atoms with Crippen LogP contribution in [0.25, 0.3) is 0 Å². The highest BCUT2D eigenvalue weighted by atomic mass is 16.5. The van der Waals surface area contributed by atoms with E-state index in [9.17, 15) is 9.90 Å². The van der Waals surface area contributed by atoms with Gasteiger partial charge in [-0.2, -0.15) is 4.98 Å². The SMILES string of the molecule is Cc1noc(CCC(=O)NCC(O)c2ccccc2)n1. The summed E-state index contributed by atoms with van der Waals surface area (Å²) < 4.78 is 4.92. The Kier molecular flexibility index (Phi) is 4.84. The van der Waals surface area contributed by atoms with Gasteiger partial charge in [0.1, 0.15) is 0 Å². The van der Waals surface area contributed by atoms with Gasteiger partial charge in [0.25, 0.3) is 0 Å². The Labute approximate surface area is 116 Å². The van der Waals surface area contributed by atoms with Gasteiger partial charge in [0.05, 0.1) is 6.10 Å². The fourth-order valence-electron chi connectivity index (χ4n) is 1.75. The van der Waals surface area contributed by atoms with E-state index < -0.39 is 6.10 Å². The molecule has 2 N–H and O–H groups in total. The van der Waals surface area contributed by atoms with Crippen molar-refractivity contribution >= 4 is 5.91 Å². The Morgan fingerprint density at radius 1 is 1.40 bits per heavy atom. The van der Waals surface area contributed by atoms with E-state index in [0.29, 0.717) is 18.1 Å². The topological polar surface area (TPSA) is 88.2 Å². The number of hydrogen-bond donors (Lipinski definition) is 2. The third-order valence-corrected chi connectivity index (χ3v) is 2.81. The average molecular weight is 275 g/mol. The zero-order chi connectivity index (χ0) is 14.4. The van der Waals surface area contributed by atoms with Crippen molar-refractivity contribution in [2.24, 2.45) is 0 Å². The van der Waals surface area contributed by atoms with Gasteiger partial charge in [0.15, 0.2) is 5.82 Å². The monoisotopic (exact) mass is 275 g/mol. The molecule has 0 aliphatic carbocycles. The molecule has 0 saturated carbocycles. The summed E-state index contributed by atoms with van der Waals surface area (Å²) in [5, 5.41) is 16.2. The van der Waals surface area contributed by atoms with Crippen LogP contribution in [-0.2, 0) is 11.2 Å². The lowest BCUT2D eigenvalue weighted by molar-refractivity contribution is -0.121. The molecule has 2 rings (SSSR count). The van der Waals surface area contributed by atoms with Crippen LogP contribution in [0, 0.1) is 6.92 Å². The number of aliphatic hydroxyl groups is 1. The number of carbonyl (C=O) groups is 1. The second-order valence-electron chi connectivity index (χ2n) is 4.47. The Morgan fingerprint density at radius 3 is 2.80 bits per heavy atom. The first-order valence-corrected chi connectivity index (χ1v) is 6.44. The van der Waals surface area contributed by atoms with Crippen LogP contribution in [-0.4, -0.2) is 27.7 Å². The fourth-order valence-corrected chi connectivity index (χ4v) is 1.75. The van der Waals surface area contributed by atoms with Gasteiger partial charge < -0.3 is 14.9 Å². The standard InChI is InChI=1S/C14H17N3O3/c1-10-16-14(20-17-10)8-7-13(19)15-9-12(18)11-5-3-2-4-6-11/h2-6,12,18H,7-9H2,1H3,(H,15,19). The van der Waals surface area contributed by atoms with Crippen molar-refractivity contribution < 1.29 is 14.4 Å². The summed E-state index contributed by atoms with van der Waals surface area (Å²) >= 11 is 0. The van der Waals surface area contributed by atoms with Crippen LogP contribution < -0.4 is 5.32 Å². The maximum Gasteiger partial charge on any atom is 0.227 e. The molecule has 1 heterocycles. The van der Waals surface area contributed by atoms with Crippen LogP contribution in [0.1, 0.15) is 29.8 Å². The van der Waals surface area contributed by atoms with Gasteiger partial charge in [-0.15, -0.1) is 0 Å². The fraction of sp³-hybridized carbons (Fsp3) is 0.357. The van der Waals surface area contributed by atoms with Gasteiger partial charge in [-0.1, -0.05) is 35.5 Å². The summed E-state index contributed by atoms with van der Waals surface area (Å²) in [5.74, 6) is 0.844. The number of nitrogens with zero attached hydrogens (tertiary/aromatic N) is 2. The molecule has 0 fully saturated rings. The van der Waals surface area contributed by atoms with Crippen LogP contribution in [0.3, 0.4) is 0 Å². The molecule has 0 spiro atoms. The lowest BCUT2D eigenvalue weighted by Crippen LogP contribution is -2.28. The van der Waals surface area contributed by atoms with Crippen LogP contribution in [0.2, 0.25) is 0 Å². The first-order valence-electron chi connectivity index (χ1n) is 6.44. The summed E-state index contributed by atoms with van der Waals surface area (Å²) in [6, 6.07) is 9.20. The van der Waals surface area contributed by atoms with Gasteiger partial charge in [-0.05, 0) is 12.5 Å². The van der Waals surface area contributed by atoms with Crippen molar-refractivity contribution in [1.29, 1.82) is 0 Å². The molecule has 1 aromatic heterocycles. The van der Waals surface area contributed by atoms with E-state index in [2.05, 4.69) is 15.5 Å². The minimum atomic E-state index is -0.703. The number of aliphatic hydroxyl groups excluding tert-OH is 1. The zero-order valence-electron chi connectivity index (χ0n) is 11.2. The molecule has 0 bridgehead atoms. The average Bonchev–Trinajstić information content (AvgIpc) is 2.89. The van der Waals surface area contributed by atoms with Crippen LogP contribution in [0.15, 0.2) is 34.9 Å². The Bertz CT molecular complexity index is 554. The number of amides is 1. The van der Waals surface area contributed by atoms with Crippen molar-refractivity contribution in [1.82, 2.24) is 15.5 Å². The van der Waals surface area contributed by atoms with Crippen LogP contribution in [0.5, 0.6) is 0 Å². The van der Waals surface area contributed by atoms with Crippen molar-refractivity contribution in [3.63, 3.8) is 0 Å². The molecule has 1 amide bonds. The van der Waals surface area contributed by atoms with Crippen molar-refractivity contribution in [2.45, 2.75) is 25.9 Å². The quantitative estimate of drug-likeness (QED) is 0.826. The maximum atomic E-state index is 11.6. The van der Waals surface area contributed by atoms with E-state index in [1.54, 1.807) is 6.92 Å². The smallest absolute Gasteiger partial charge is 0.227 e. The van der Waals surface area contributed by atoms with Gasteiger partial charge in [-0.25, -0.2) is 0 Å². The highest BCUT2D eigenvalue weighted by Crippen LogP contribution is 2.10. The summed E-state index contributed by atoms with van der Waals surface area (Å²) in [6.07, 6.45) is -0.0529. The molecule has 0 aliphatic heterocycles. The van der Waals surface area contributed by atoms with Gasteiger partial charge >= 0.3 is 0 Å². The van der Waals surface area contributed by atoms with Crippen LogP contribution >= 0.6 is 0 Å². The van der Waals surface area contributed by atoms with E-state index in [0.717, 1.165) is 5.56 Å². The molecule has 106 valence electrons. The summed E-state index contributed by atoms with van der Waals surface area (Å²) in [4.78, 5) is 15.7.